The normalized spacial score (nSPS) is 18.3. The van der Waals surface area contributed by atoms with Gasteiger partial charge < -0.3 is 24.4 Å². The lowest BCUT2D eigenvalue weighted by Crippen LogP contribution is -2.36. The van der Waals surface area contributed by atoms with Crippen LogP contribution in [0.25, 0.3) is 0 Å². The molecule has 0 aliphatic carbocycles. The van der Waals surface area contributed by atoms with Gasteiger partial charge in [0.2, 0.25) is 0 Å². The first kappa shape index (κ1) is 19.1. The predicted molar refractivity (Wildman–Crippen MR) is 113 cm³/mol. The van der Waals surface area contributed by atoms with Crippen LogP contribution < -0.4 is 19.5 Å². The molecule has 2 amide bonds. The van der Waals surface area contributed by atoms with Crippen LogP contribution in [0, 0.1) is 0 Å². The molecule has 0 aromatic heterocycles. The number of fused-ring (bicyclic) bond motifs is 2. The first-order chi connectivity index (χ1) is 14.7. The number of ether oxygens (including phenoxy) is 3. The van der Waals surface area contributed by atoms with E-state index in [9.17, 15) is 4.79 Å². The Labute approximate surface area is 176 Å². The Morgan fingerprint density at radius 1 is 0.867 bits per heavy atom. The van der Waals surface area contributed by atoms with E-state index in [1.165, 1.54) is 18.4 Å². The minimum atomic E-state index is -0.145. The summed E-state index contributed by atoms with van der Waals surface area (Å²) < 4.78 is 17.1. The smallest absolute Gasteiger partial charge is 0.322 e. The fourth-order valence-corrected chi connectivity index (χ4v) is 4.24. The van der Waals surface area contributed by atoms with Gasteiger partial charge in [-0.15, -0.1) is 0 Å². The number of amides is 2. The molecule has 30 heavy (non-hydrogen) atoms. The van der Waals surface area contributed by atoms with Crippen molar-refractivity contribution < 1.29 is 19.0 Å². The van der Waals surface area contributed by atoms with Gasteiger partial charge in [-0.25, -0.2) is 4.79 Å². The molecule has 1 N–H and O–H groups in total. The van der Waals surface area contributed by atoms with Gasteiger partial charge in [0.15, 0.2) is 11.5 Å². The number of carbonyl (C=O) groups excluding carboxylic acids is 1. The van der Waals surface area contributed by atoms with E-state index >= 15 is 0 Å². The van der Waals surface area contributed by atoms with E-state index in [4.69, 9.17) is 14.2 Å². The minimum absolute atomic E-state index is 0.145. The number of anilines is 1. The van der Waals surface area contributed by atoms with Crippen LogP contribution in [-0.4, -0.2) is 55.3 Å². The zero-order valence-corrected chi connectivity index (χ0v) is 17.1. The van der Waals surface area contributed by atoms with Crippen LogP contribution in [0.15, 0.2) is 36.4 Å². The first-order valence-corrected chi connectivity index (χ1v) is 10.7. The summed E-state index contributed by atoms with van der Waals surface area (Å²) in [4.78, 5) is 17.2. The zero-order chi connectivity index (χ0) is 20.3. The average Bonchev–Trinajstić information content (AvgIpc) is 3.17. The molecule has 158 valence electrons. The van der Waals surface area contributed by atoms with Gasteiger partial charge in [-0.3, -0.25) is 4.90 Å². The standard InChI is InChI=1S/C23H27N3O4/c27-23(24-19-4-6-21-22(14-19)30-12-11-29-21)26-9-10-28-20-5-3-17(13-18(20)16-26)15-25-7-1-2-8-25/h3-6,13-14H,1-2,7-12,15-16H2,(H,24,27). The van der Waals surface area contributed by atoms with Crippen molar-refractivity contribution in [3.05, 3.63) is 47.5 Å². The van der Waals surface area contributed by atoms with E-state index < -0.39 is 0 Å². The van der Waals surface area contributed by atoms with E-state index in [-0.39, 0.29) is 6.03 Å². The van der Waals surface area contributed by atoms with Crippen molar-refractivity contribution in [1.29, 1.82) is 0 Å². The molecule has 0 spiro atoms. The Hall–Kier alpha value is -2.93. The summed E-state index contributed by atoms with van der Waals surface area (Å²) in [5, 5.41) is 2.98. The Bertz CT molecular complexity index is 927. The van der Waals surface area contributed by atoms with Gasteiger partial charge >= 0.3 is 6.03 Å². The molecule has 3 aliphatic rings. The number of likely N-dealkylation sites (tertiary alicyclic amines) is 1. The molecule has 0 unspecified atom stereocenters. The Morgan fingerprint density at radius 3 is 2.50 bits per heavy atom. The molecular formula is C23H27N3O4. The van der Waals surface area contributed by atoms with Crippen LogP contribution in [0.4, 0.5) is 10.5 Å². The largest absolute Gasteiger partial charge is 0.491 e. The third-order valence-electron chi connectivity index (χ3n) is 5.79. The number of hydrogen-bond donors (Lipinski definition) is 1. The SMILES string of the molecule is O=C(Nc1ccc2c(c1)OCCO2)N1CCOc2ccc(CN3CCCC3)cc2C1. The molecule has 1 fully saturated rings. The second-order valence-electron chi connectivity index (χ2n) is 7.98. The van der Waals surface area contributed by atoms with Crippen LogP contribution in [-0.2, 0) is 13.1 Å². The second-order valence-corrected chi connectivity index (χ2v) is 7.98. The van der Waals surface area contributed by atoms with E-state index in [0.29, 0.717) is 50.1 Å². The van der Waals surface area contributed by atoms with Gasteiger partial charge in [-0.2, -0.15) is 0 Å². The molecule has 2 aromatic carbocycles. The highest BCUT2D eigenvalue weighted by molar-refractivity contribution is 5.89. The summed E-state index contributed by atoms with van der Waals surface area (Å²) in [6.07, 6.45) is 2.56. The van der Waals surface area contributed by atoms with Crippen molar-refractivity contribution in [3.8, 4) is 17.2 Å². The molecule has 1 saturated heterocycles. The van der Waals surface area contributed by atoms with Gasteiger partial charge in [-0.1, -0.05) is 6.07 Å². The third-order valence-corrected chi connectivity index (χ3v) is 5.79. The van der Waals surface area contributed by atoms with Crippen molar-refractivity contribution in [2.75, 3.05) is 44.8 Å². The van der Waals surface area contributed by atoms with Gasteiger partial charge in [0.25, 0.3) is 0 Å². The highest BCUT2D eigenvalue weighted by atomic mass is 16.6. The number of hydrogen-bond acceptors (Lipinski definition) is 5. The topological polar surface area (TPSA) is 63.3 Å². The Kier molecular flexibility index (Phi) is 5.36. The Morgan fingerprint density at radius 2 is 1.63 bits per heavy atom. The lowest BCUT2D eigenvalue weighted by atomic mass is 10.1. The summed E-state index contributed by atoms with van der Waals surface area (Å²) in [6, 6.07) is 11.7. The monoisotopic (exact) mass is 409 g/mol. The van der Waals surface area contributed by atoms with Crippen molar-refractivity contribution in [1.82, 2.24) is 9.80 Å². The van der Waals surface area contributed by atoms with Crippen LogP contribution in [0.1, 0.15) is 24.0 Å². The maximum atomic E-state index is 12.9. The van der Waals surface area contributed by atoms with E-state index in [0.717, 1.165) is 30.9 Å². The quantitative estimate of drug-likeness (QED) is 0.841. The molecule has 5 rings (SSSR count). The minimum Gasteiger partial charge on any atom is -0.491 e. The lowest BCUT2D eigenvalue weighted by Gasteiger charge is -2.22. The maximum Gasteiger partial charge on any atom is 0.322 e. The molecule has 0 atom stereocenters. The van der Waals surface area contributed by atoms with Crippen LogP contribution in [0.3, 0.4) is 0 Å². The summed E-state index contributed by atoms with van der Waals surface area (Å²) in [5.74, 6) is 2.24. The number of nitrogens with one attached hydrogen (secondary N) is 1. The molecular weight excluding hydrogens is 382 g/mol. The molecule has 0 radical (unpaired) electrons. The molecule has 0 saturated carbocycles. The summed E-state index contributed by atoms with van der Waals surface area (Å²) in [5.41, 5.74) is 3.02. The highest BCUT2D eigenvalue weighted by Gasteiger charge is 2.22. The number of urea groups is 1. The average molecular weight is 409 g/mol. The summed E-state index contributed by atoms with van der Waals surface area (Å²) in [6.45, 7) is 5.89. The third kappa shape index (κ3) is 4.16. The first-order valence-electron chi connectivity index (χ1n) is 10.7. The maximum absolute atomic E-state index is 12.9. The Balaban J connectivity index is 1.28. The number of rotatable bonds is 3. The van der Waals surface area contributed by atoms with Crippen molar-refractivity contribution in [3.63, 3.8) is 0 Å². The van der Waals surface area contributed by atoms with E-state index in [2.05, 4.69) is 22.3 Å². The molecule has 2 aromatic rings. The van der Waals surface area contributed by atoms with Gasteiger partial charge in [0.1, 0.15) is 25.6 Å². The van der Waals surface area contributed by atoms with E-state index in [1.54, 1.807) is 4.90 Å². The molecule has 0 bridgehead atoms. The number of nitrogens with zero attached hydrogens (tertiary/aromatic N) is 2. The second kappa shape index (κ2) is 8.44. The fourth-order valence-electron chi connectivity index (χ4n) is 4.24. The van der Waals surface area contributed by atoms with Crippen LogP contribution in [0.2, 0.25) is 0 Å². The summed E-state index contributed by atoms with van der Waals surface area (Å²) >= 11 is 0. The van der Waals surface area contributed by atoms with Crippen LogP contribution in [0.5, 0.6) is 17.2 Å². The number of benzene rings is 2. The molecule has 3 heterocycles. The van der Waals surface area contributed by atoms with Crippen molar-refractivity contribution in [2.45, 2.75) is 25.9 Å². The van der Waals surface area contributed by atoms with Gasteiger partial charge in [0.05, 0.1) is 13.1 Å². The van der Waals surface area contributed by atoms with E-state index in [1.807, 2.05) is 24.3 Å². The number of carbonyl (C=O) groups is 1. The van der Waals surface area contributed by atoms with Crippen molar-refractivity contribution in [2.24, 2.45) is 0 Å². The molecule has 7 nitrogen and oxygen atoms in total. The van der Waals surface area contributed by atoms with Crippen LogP contribution >= 0.6 is 0 Å². The highest BCUT2D eigenvalue weighted by Crippen LogP contribution is 2.33. The molecule has 3 aliphatic heterocycles. The predicted octanol–water partition coefficient (Wildman–Crippen LogP) is 3.48. The molecule has 7 heteroatoms. The van der Waals surface area contributed by atoms with Gasteiger partial charge in [-0.05, 0) is 55.8 Å². The fraction of sp³-hybridized carbons (Fsp3) is 0.435. The summed E-state index contributed by atoms with van der Waals surface area (Å²) in [7, 11) is 0. The van der Waals surface area contributed by atoms with Gasteiger partial charge in [0, 0.05) is 23.9 Å². The zero-order valence-electron chi connectivity index (χ0n) is 17.1. The van der Waals surface area contributed by atoms with Crippen molar-refractivity contribution >= 4 is 11.7 Å². The lowest BCUT2D eigenvalue weighted by molar-refractivity contribution is 0.171.